The van der Waals surface area contributed by atoms with Crippen molar-refractivity contribution in [2.75, 3.05) is 10.6 Å². The van der Waals surface area contributed by atoms with E-state index in [0.717, 1.165) is 50.4 Å². The number of aromatic amines is 1. The number of aryl methyl sites for hydroxylation is 1. The van der Waals surface area contributed by atoms with Crippen LogP contribution in [-0.2, 0) is 0 Å². The molecule has 0 atom stereocenters. The van der Waals surface area contributed by atoms with Crippen LogP contribution in [0.25, 0.3) is 33.5 Å². The lowest BCUT2D eigenvalue weighted by Gasteiger charge is -2.10. The molecule has 0 unspecified atom stereocenters. The molecule has 0 radical (unpaired) electrons. The van der Waals surface area contributed by atoms with Gasteiger partial charge < -0.3 is 15.6 Å². The number of nitrogens with zero attached hydrogens (tertiary/aromatic N) is 6. The number of fused-ring (bicyclic) bond motifs is 2. The van der Waals surface area contributed by atoms with E-state index >= 15 is 0 Å². The van der Waals surface area contributed by atoms with Crippen LogP contribution in [0.1, 0.15) is 11.3 Å². The molecule has 5 heterocycles. The van der Waals surface area contributed by atoms with Gasteiger partial charge in [0.05, 0.1) is 46.4 Å². The molecule has 3 N–H and O–H groups in total. The van der Waals surface area contributed by atoms with Gasteiger partial charge in [0.2, 0.25) is 0 Å². The summed E-state index contributed by atoms with van der Waals surface area (Å²) in [6.45, 7) is 1.95. The molecule has 0 amide bonds. The summed E-state index contributed by atoms with van der Waals surface area (Å²) in [5, 5.41) is 16.9. The fraction of sp³-hybridized carbons (Fsp3) is 0.0370. The van der Waals surface area contributed by atoms with Crippen molar-refractivity contribution in [2.45, 2.75) is 6.92 Å². The fourth-order valence-electron chi connectivity index (χ4n) is 4.01. The highest BCUT2D eigenvalue weighted by atomic mass is 15.0. The predicted octanol–water partition coefficient (Wildman–Crippen LogP) is 5.63. The van der Waals surface area contributed by atoms with E-state index in [2.05, 4.69) is 46.6 Å². The molecule has 0 aliphatic heterocycles. The van der Waals surface area contributed by atoms with Gasteiger partial charge >= 0.3 is 0 Å². The number of imidazole rings is 1. The summed E-state index contributed by atoms with van der Waals surface area (Å²) in [5.41, 5.74) is 7.96. The Hall–Kier alpha value is -5.36. The lowest BCUT2D eigenvalue weighted by molar-refractivity contribution is 1.20. The normalized spacial score (nSPS) is 10.9. The fourth-order valence-corrected chi connectivity index (χ4v) is 4.01. The number of H-pyrrole nitrogens is 1. The van der Waals surface area contributed by atoms with Crippen molar-refractivity contribution in [2.24, 2.45) is 0 Å². The van der Waals surface area contributed by atoms with Gasteiger partial charge in [0.1, 0.15) is 5.82 Å². The zero-order chi connectivity index (χ0) is 24.5. The summed E-state index contributed by atoms with van der Waals surface area (Å²) in [6.07, 6.45) is 8.74. The zero-order valence-corrected chi connectivity index (χ0v) is 19.2. The van der Waals surface area contributed by atoms with Crippen molar-refractivity contribution in [1.29, 1.82) is 5.26 Å². The van der Waals surface area contributed by atoms with Crippen molar-refractivity contribution in [3.63, 3.8) is 0 Å². The molecule has 0 aliphatic carbocycles. The van der Waals surface area contributed by atoms with Crippen molar-refractivity contribution in [3.05, 3.63) is 90.8 Å². The standard InChI is InChI=1S/C27H19N9/c1-16-8-19(4-6-30-16)33-21-11-25-27(32-15-21)36-26(35-25)18-10-20(14-29-13-18)34-24-5-7-31-23-3-2-17(12-28)9-22(23)24/h2-11,13-15H,1H3,(H,30,33)(H,31,34)(H,32,35,36). The Kier molecular flexibility index (Phi) is 5.16. The van der Waals surface area contributed by atoms with Gasteiger partial charge in [0.15, 0.2) is 5.65 Å². The maximum Gasteiger partial charge on any atom is 0.178 e. The third-order valence-corrected chi connectivity index (χ3v) is 5.68. The first-order chi connectivity index (χ1) is 17.6. The van der Waals surface area contributed by atoms with Gasteiger partial charge in [-0.05, 0) is 55.5 Å². The van der Waals surface area contributed by atoms with Gasteiger partial charge in [-0.1, -0.05) is 0 Å². The van der Waals surface area contributed by atoms with Gasteiger partial charge in [0.25, 0.3) is 0 Å². The summed E-state index contributed by atoms with van der Waals surface area (Å²) >= 11 is 0. The molecule has 6 rings (SSSR count). The summed E-state index contributed by atoms with van der Waals surface area (Å²) < 4.78 is 0. The number of aromatic nitrogens is 6. The maximum absolute atomic E-state index is 9.28. The van der Waals surface area contributed by atoms with Crippen LogP contribution in [0, 0.1) is 18.3 Å². The SMILES string of the molecule is Cc1cc(Nc2cnc3nc(-c4cncc(Nc5ccnc6ccc(C#N)cc56)c4)[nH]c3c2)ccn1. The Bertz CT molecular complexity index is 1780. The lowest BCUT2D eigenvalue weighted by atomic mass is 10.1. The lowest BCUT2D eigenvalue weighted by Crippen LogP contribution is -1.95. The van der Waals surface area contributed by atoms with Gasteiger partial charge in [-0.25, -0.2) is 9.97 Å². The van der Waals surface area contributed by atoms with Gasteiger partial charge in [-0.3, -0.25) is 15.0 Å². The summed E-state index contributed by atoms with van der Waals surface area (Å²) in [5.74, 6) is 0.664. The number of benzene rings is 1. The molecule has 0 saturated carbocycles. The number of rotatable bonds is 5. The van der Waals surface area contributed by atoms with E-state index in [1.165, 1.54) is 0 Å². The van der Waals surface area contributed by atoms with Crippen LogP contribution in [0.15, 0.2) is 79.5 Å². The minimum Gasteiger partial charge on any atom is -0.354 e. The third-order valence-electron chi connectivity index (χ3n) is 5.68. The topological polar surface area (TPSA) is 128 Å². The number of nitriles is 1. The first-order valence-electron chi connectivity index (χ1n) is 11.2. The molecule has 5 aromatic heterocycles. The average Bonchev–Trinajstić information content (AvgIpc) is 3.32. The van der Waals surface area contributed by atoms with E-state index in [9.17, 15) is 5.26 Å². The van der Waals surface area contributed by atoms with Crippen LogP contribution in [0.5, 0.6) is 0 Å². The molecule has 9 nitrogen and oxygen atoms in total. The number of anilines is 4. The van der Waals surface area contributed by atoms with Gasteiger partial charge in [0, 0.05) is 46.6 Å². The molecular weight excluding hydrogens is 450 g/mol. The quantitative estimate of drug-likeness (QED) is 0.296. The van der Waals surface area contributed by atoms with Crippen molar-refractivity contribution >= 4 is 44.8 Å². The van der Waals surface area contributed by atoms with E-state index in [-0.39, 0.29) is 0 Å². The third kappa shape index (κ3) is 4.15. The molecular formula is C27H19N9. The van der Waals surface area contributed by atoms with E-state index in [1.54, 1.807) is 37.1 Å². The minimum absolute atomic E-state index is 0.577. The average molecular weight is 470 g/mol. The zero-order valence-electron chi connectivity index (χ0n) is 19.2. The van der Waals surface area contributed by atoms with Crippen LogP contribution in [0.3, 0.4) is 0 Å². The largest absolute Gasteiger partial charge is 0.354 e. The molecule has 0 aliphatic rings. The Morgan fingerprint density at radius 1 is 0.833 bits per heavy atom. The molecule has 1 aromatic carbocycles. The smallest absolute Gasteiger partial charge is 0.178 e. The Morgan fingerprint density at radius 2 is 1.72 bits per heavy atom. The number of nitrogens with one attached hydrogen (secondary N) is 3. The second-order valence-electron chi connectivity index (χ2n) is 8.28. The molecule has 36 heavy (non-hydrogen) atoms. The molecule has 0 bridgehead atoms. The van der Waals surface area contributed by atoms with Gasteiger partial charge in [-0.2, -0.15) is 5.26 Å². The van der Waals surface area contributed by atoms with E-state index in [0.29, 0.717) is 17.0 Å². The van der Waals surface area contributed by atoms with Crippen LogP contribution in [0.2, 0.25) is 0 Å². The van der Waals surface area contributed by atoms with E-state index in [1.807, 2.05) is 49.4 Å². The monoisotopic (exact) mass is 469 g/mol. The predicted molar refractivity (Wildman–Crippen MR) is 139 cm³/mol. The molecule has 9 heteroatoms. The Morgan fingerprint density at radius 3 is 2.61 bits per heavy atom. The number of pyridine rings is 4. The summed E-state index contributed by atoms with van der Waals surface area (Å²) in [6, 6.07) is 17.3. The highest BCUT2D eigenvalue weighted by Crippen LogP contribution is 2.28. The van der Waals surface area contributed by atoms with Crippen molar-refractivity contribution in [1.82, 2.24) is 29.9 Å². The van der Waals surface area contributed by atoms with Gasteiger partial charge in [-0.15, -0.1) is 0 Å². The molecule has 6 aromatic rings. The highest BCUT2D eigenvalue weighted by molar-refractivity contribution is 5.93. The number of hydrogen-bond donors (Lipinski definition) is 3. The molecule has 0 spiro atoms. The second kappa shape index (κ2) is 8.77. The van der Waals surface area contributed by atoms with Crippen LogP contribution < -0.4 is 10.6 Å². The maximum atomic E-state index is 9.28. The van der Waals surface area contributed by atoms with Crippen molar-refractivity contribution < 1.29 is 0 Å². The number of hydrogen-bond acceptors (Lipinski definition) is 8. The van der Waals surface area contributed by atoms with E-state index in [4.69, 9.17) is 0 Å². The molecule has 0 fully saturated rings. The second-order valence-corrected chi connectivity index (χ2v) is 8.28. The Labute approximate surface area is 205 Å². The van der Waals surface area contributed by atoms with Crippen LogP contribution in [0.4, 0.5) is 22.7 Å². The van der Waals surface area contributed by atoms with Crippen LogP contribution >= 0.6 is 0 Å². The van der Waals surface area contributed by atoms with Crippen molar-refractivity contribution in [3.8, 4) is 17.5 Å². The summed E-state index contributed by atoms with van der Waals surface area (Å²) in [4.78, 5) is 25.5. The van der Waals surface area contributed by atoms with E-state index < -0.39 is 0 Å². The Balaban J connectivity index is 1.29. The highest BCUT2D eigenvalue weighted by Gasteiger charge is 2.10. The first kappa shape index (κ1) is 21.2. The summed E-state index contributed by atoms with van der Waals surface area (Å²) in [7, 11) is 0. The molecule has 172 valence electrons. The minimum atomic E-state index is 0.577. The molecule has 0 saturated heterocycles. The van der Waals surface area contributed by atoms with Crippen LogP contribution in [-0.4, -0.2) is 29.9 Å². The first-order valence-corrected chi connectivity index (χ1v) is 11.2.